The van der Waals surface area contributed by atoms with Crippen molar-refractivity contribution in [3.05, 3.63) is 59.7 Å². The smallest absolute Gasteiger partial charge is 0.430 e. The van der Waals surface area contributed by atoms with Crippen LogP contribution < -0.4 is 9.64 Å². The van der Waals surface area contributed by atoms with Gasteiger partial charge in [-0.15, -0.1) is 0 Å². The summed E-state index contributed by atoms with van der Waals surface area (Å²) < 4.78 is 83.0. The molecule has 164 valence electrons. The number of aliphatic hydroxyl groups is 1. The number of hydrogen-bond donors (Lipinski definition) is 2. The van der Waals surface area contributed by atoms with E-state index in [0.717, 1.165) is 12.1 Å². The lowest BCUT2D eigenvalue weighted by Crippen LogP contribution is -2.53. The van der Waals surface area contributed by atoms with Crippen LogP contribution in [0.5, 0.6) is 5.75 Å². The van der Waals surface area contributed by atoms with Gasteiger partial charge in [-0.3, -0.25) is 4.79 Å². The molecule has 2 aromatic carbocycles. The van der Waals surface area contributed by atoms with Crippen LogP contribution in [0.2, 0.25) is 0 Å². The Labute approximate surface area is 167 Å². The van der Waals surface area contributed by atoms with E-state index in [4.69, 9.17) is 9.84 Å². The number of halogens is 6. The number of carboxylic acids is 1. The van der Waals surface area contributed by atoms with Crippen molar-refractivity contribution in [3.63, 3.8) is 0 Å². The summed E-state index contributed by atoms with van der Waals surface area (Å²) in [5, 5.41) is 18.5. The predicted octanol–water partition coefficient (Wildman–Crippen LogP) is 4.10. The number of methoxy groups -OCH3 is 1. The summed E-state index contributed by atoms with van der Waals surface area (Å²) in [6.07, 6.45) is -12.0. The van der Waals surface area contributed by atoms with E-state index in [9.17, 15) is 36.2 Å². The average Bonchev–Trinajstić information content (AvgIpc) is 2.65. The number of benzene rings is 2. The second kappa shape index (κ2) is 8.42. The van der Waals surface area contributed by atoms with Gasteiger partial charge in [-0.25, -0.2) is 0 Å². The van der Waals surface area contributed by atoms with Gasteiger partial charge >= 0.3 is 18.3 Å². The van der Waals surface area contributed by atoms with Crippen molar-refractivity contribution >= 4 is 11.7 Å². The molecule has 0 aromatic heterocycles. The lowest BCUT2D eigenvalue weighted by Gasteiger charge is -2.33. The van der Waals surface area contributed by atoms with Gasteiger partial charge in [0.2, 0.25) is 0 Å². The minimum Gasteiger partial charge on any atom is -0.497 e. The van der Waals surface area contributed by atoms with Gasteiger partial charge in [0.15, 0.2) is 0 Å². The molecule has 0 aliphatic rings. The molecule has 0 saturated carbocycles. The fourth-order valence-corrected chi connectivity index (χ4v) is 2.75. The highest BCUT2D eigenvalue weighted by Crippen LogP contribution is 2.50. The van der Waals surface area contributed by atoms with Crippen LogP contribution in [0.15, 0.2) is 48.5 Å². The summed E-state index contributed by atoms with van der Waals surface area (Å²) in [5.74, 6) is -0.707. The molecule has 0 aliphatic carbocycles. The minimum absolute atomic E-state index is 0.0124. The molecular formula is C19H17F6NO4. The molecule has 0 amide bonds. The van der Waals surface area contributed by atoms with E-state index in [0.29, 0.717) is 23.4 Å². The van der Waals surface area contributed by atoms with Gasteiger partial charge in [0, 0.05) is 17.8 Å². The first-order valence-corrected chi connectivity index (χ1v) is 8.35. The van der Waals surface area contributed by atoms with E-state index < -0.39 is 36.0 Å². The molecule has 2 aromatic rings. The first kappa shape index (κ1) is 23.3. The van der Waals surface area contributed by atoms with Crippen LogP contribution in [0.4, 0.5) is 32.0 Å². The van der Waals surface area contributed by atoms with Crippen LogP contribution in [0.3, 0.4) is 0 Å². The second-order valence-corrected chi connectivity index (χ2v) is 6.35. The predicted molar refractivity (Wildman–Crippen MR) is 94.1 cm³/mol. The lowest BCUT2D eigenvalue weighted by molar-refractivity contribution is -0.376. The molecule has 0 fully saturated rings. The lowest BCUT2D eigenvalue weighted by atomic mass is 9.92. The maximum Gasteiger partial charge on any atom is 0.430 e. The standard InChI is InChI=1S/C19H17F6NO4/c1-30-15-8-2-12(3-9-15)10-26(11-16(27)28)14-6-4-13(5-7-14)17(29,18(20,21)22)19(23,24)25/h2-9,29H,10-11H2,1H3,(H,27,28). The topological polar surface area (TPSA) is 70.0 Å². The summed E-state index contributed by atoms with van der Waals surface area (Å²) in [7, 11) is 1.45. The molecule has 2 rings (SSSR count). The summed E-state index contributed by atoms with van der Waals surface area (Å²) >= 11 is 0. The summed E-state index contributed by atoms with van der Waals surface area (Å²) in [4.78, 5) is 12.4. The molecule has 0 aliphatic heterocycles. The Morgan fingerprint density at radius 2 is 1.43 bits per heavy atom. The van der Waals surface area contributed by atoms with Gasteiger partial charge in [0.05, 0.1) is 7.11 Å². The molecular weight excluding hydrogens is 420 g/mol. The van der Waals surface area contributed by atoms with E-state index >= 15 is 0 Å². The van der Waals surface area contributed by atoms with Crippen molar-refractivity contribution in [1.29, 1.82) is 0 Å². The SMILES string of the molecule is COc1ccc(CN(CC(=O)O)c2ccc(C(O)(C(F)(F)F)C(F)(F)F)cc2)cc1. The molecule has 0 heterocycles. The number of nitrogens with zero attached hydrogens (tertiary/aromatic N) is 1. The molecule has 5 nitrogen and oxygen atoms in total. The highest BCUT2D eigenvalue weighted by Gasteiger charge is 2.71. The molecule has 0 saturated heterocycles. The quantitative estimate of drug-likeness (QED) is 0.639. The average molecular weight is 437 g/mol. The minimum atomic E-state index is -6.00. The first-order chi connectivity index (χ1) is 13.8. The fraction of sp³-hybridized carbons (Fsp3) is 0.316. The molecule has 0 unspecified atom stereocenters. The fourth-order valence-electron chi connectivity index (χ4n) is 2.75. The van der Waals surface area contributed by atoms with E-state index in [1.807, 2.05) is 0 Å². The van der Waals surface area contributed by atoms with Crippen molar-refractivity contribution in [2.24, 2.45) is 0 Å². The van der Waals surface area contributed by atoms with Gasteiger partial charge in [0.1, 0.15) is 12.3 Å². The Morgan fingerprint density at radius 1 is 0.933 bits per heavy atom. The highest BCUT2D eigenvalue weighted by atomic mass is 19.4. The van der Waals surface area contributed by atoms with Gasteiger partial charge in [-0.2, -0.15) is 26.3 Å². The Bertz CT molecular complexity index is 849. The molecule has 0 spiro atoms. The highest BCUT2D eigenvalue weighted by molar-refractivity contribution is 5.73. The van der Waals surface area contributed by atoms with Gasteiger partial charge in [-0.1, -0.05) is 24.3 Å². The molecule has 0 atom stereocenters. The molecule has 0 radical (unpaired) electrons. The van der Waals surface area contributed by atoms with Crippen LogP contribution in [0, 0.1) is 0 Å². The van der Waals surface area contributed by atoms with E-state index in [2.05, 4.69) is 0 Å². The summed E-state index contributed by atoms with van der Waals surface area (Å²) in [6.45, 7) is -0.549. The molecule has 2 N–H and O–H groups in total. The Morgan fingerprint density at radius 3 is 1.83 bits per heavy atom. The third-order valence-electron chi connectivity index (χ3n) is 4.33. The third-order valence-corrected chi connectivity index (χ3v) is 4.33. The molecule has 0 bridgehead atoms. The first-order valence-electron chi connectivity index (χ1n) is 8.35. The maximum atomic E-state index is 13.0. The number of alkyl halides is 6. The zero-order valence-corrected chi connectivity index (χ0v) is 15.5. The van der Waals surface area contributed by atoms with Gasteiger partial charge < -0.3 is 19.8 Å². The monoisotopic (exact) mass is 437 g/mol. The van der Waals surface area contributed by atoms with Crippen LogP contribution in [-0.4, -0.2) is 42.2 Å². The maximum absolute atomic E-state index is 13.0. The Kier molecular flexibility index (Phi) is 6.55. The normalized spacial score (nSPS) is 12.5. The van der Waals surface area contributed by atoms with Crippen molar-refractivity contribution in [2.75, 3.05) is 18.6 Å². The number of rotatable bonds is 7. The number of hydrogen-bond acceptors (Lipinski definition) is 4. The van der Waals surface area contributed by atoms with Crippen LogP contribution in [0.1, 0.15) is 11.1 Å². The number of anilines is 1. The second-order valence-electron chi connectivity index (χ2n) is 6.35. The zero-order valence-electron chi connectivity index (χ0n) is 15.5. The largest absolute Gasteiger partial charge is 0.497 e. The van der Waals surface area contributed by atoms with Crippen molar-refractivity contribution in [1.82, 2.24) is 0 Å². The zero-order chi connectivity index (χ0) is 22.7. The van der Waals surface area contributed by atoms with E-state index in [1.165, 1.54) is 12.0 Å². The number of aliphatic carboxylic acids is 1. The van der Waals surface area contributed by atoms with E-state index in [-0.39, 0.29) is 12.2 Å². The Balaban J connectivity index is 2.38. The van der Waals surface area contributed by atoms with Gasteiger partial charge in [-0.05, 0) is 29.8 Å². The molecule has 30 heavy (non-hydrogen) atoms. The Hall–Kier alpha value is -2.95. The van der Waals surface area contributed by atoms with Gasteiger partial charge in [0.25, 0.3) is 5.60 Å². The van der Waals surface area contributed by atoms with Crippen LogP contribution in [0.25, 0.3) is 0 Å². The summed E-state index contributed by atoms with van der Waals surface area (Å²) in [5.41, 5.74) is -5.79. The van der Waals surface area contributed by atoms with Crippen molar-refractivity contribution < 1.29 is 46.1 Å². The van der Waals surface area contributed by atoms with Crippen LogP contribution in [-0.2, 0) is 16.9 Å². The van der Waals surface area contributed by atoms with Crippen molar-refractivity contribution in [2.45, 2.75) is 24.5 Å². The number of carboxylic acid groups (broad SMARTS) is 1. The third kappa shape index (κ3) is 4.78. The number of ether oxygens (including phenoxy) is 1. The van der Waals surface area contributed by atoms with Crippen molar-refractivity contribution in [3.8, 4) is 5.75 Å². The van der Waals surface area contributed by atoms with E-state index in [1.54, 1.807) is 24.3 Å². The number of carbonyl (C=O) groups is 1. The van der Waals surface area contributed by atoms with Crippen LogP contribution >= 0.6 is 0 Å². The summed E-state index contributed by atoms with van der Waals surface area (Å²) in [6, 6.07) is 9.23. The molecule has 11 heteroatoms.